The maximum atomic E-state index is 13.4. The SMILES string of the molecule is CCn1c(NCc2ccccc2Cl)c(/C=C2/SC(=S)N(C3CCCCC3)C2=O)c(C)c(C#N)c1=O. The number of amides is 1. The fourth-order valence-corrected chi connectivity index (χ4v) is 6.33. The average molecular weight is 527 g/mol. The van der Waals surface area contributed by atoms with Gasteiger partial charge in [-0.15, -0.1) is 0 Å². The number of pyridine rings is 1. The van der Waals surface area contributed by atoms with Crippen LogP contribution in [0.2, 0.25) is 5.02 Å². The molecule has 2 aliphatic rings. The molecule has 1 aliphatic carbocycles. The average Bonchev–Trinajstić information content (AvgIpc) is 3.14. The Morgan fingerprint density at radius 2 is 1.97 bits per heavy atom. The van der Waals surface area contributed by atoms with E-state index in [0.717, 1.165) is 31.2 Å². The lowest BCUT2D eigenvalue weighted by molar-refractivity contribution is -0.124. The first-order chi connectivity index (χ1) is 16.9. The van der Waals surface area contributed by atoms with Crippen LogP contribution < -0.4 is 10.9 Å². The first kappa shape index (κ1) is 25.5. The maximum absolute atomic E-state index is 13.4. The Kier molecular flexibility index (Phi) is 8.00. The number of anilines is 1. The van der Waals surface area contributed by atoms with Gasteiger partial charge in [-0.2, -0.15) is 5.26 Å². The summed E-state index contributed by atoms with van der Waals surface area (Å²) < 4.78 is 2.11. The van der Waals surface area contributed by atoms with Crippen LogP contribution in [0.3, 0.4) is 0 Å². The van der Waals surface area contributed by atoms with Gasteiger partial charge < -0.3 is 5.32 Å². The zero-order valence-electron chi connectivity index (χ0n) is 19.8. The van der Waals surface area contributed by atoms with Crippen molar-refractivity contribution in [2.75, 3.05) is 5.32 Å². The Bertz CT molecular complexity index is 1310. The van der Waals surface area contributed by atoms with Crippen LogP contribution >= 0.6 is 35.6 Å². The Morgan fingerprint density at radius 3 is 2.63 bits per heavy atom. The molecule has 1 saturated heterocycles. The van der Waals surface area contributed by atoms with Gasteiger partial charge >= 0.3 is 0 Å². The zero-order valence-corrected chi connectivity index (χ0v) is 22.2. The van der Waals surface area contributed by atoms with E-state index in [0.29, 0.717) is 44.3 Å². The van der Waals surface area contributed by atoms with Gasteiger partial charge in [0.25, 0.3) is 11.5 Å². The third kappa shape index (κ3) is 5.04. The Labute approximate surface area is 220 Å². The van der Waals surface area contributed by atoms with Crippen LogP contribution in [0.1, 0.15) is 61.3 Å². The number of halogens is 1. The molecule has 0 spiro atoms. The molecule has 2 fully saturated rings. The number of nitrogens with one attached hydrogen (secondary N) is 1. The van der Waals surface area contributed by atoms with Gasteiger partial charge in [-0.1, -0.05) is 73.0 Å². The minimum Gasteiger partial charge on any atom is -0.367 e. The predicted molar refractivity (Wildman–Crippen MR) is 146 cm³/mol. The number of carbonyl (C=O) groups excluding carboxylic acids is 1. The number of thioether (sulfide) groups is 1. The van der Waals surface area contributed by atoms with E-state index in [1.165, 1.54) is 22.7 Å². The number of aromatic nitrogens is 1. The fraction of sp³-hybridized carbons (Fsp3) is 0.385. The van der Waals surface area contributed by atoms with Crippen molar-refractivity contribution in [2.45, 2.75) is 65.1 Å². The van der Waals surface area contributed by atoms with Crippen molar-refractivity contribution in [3.05, 3.63) is 66.8 Å². The Balaban J connectivity index is 1.78. The number of hydrogen-bond acceptors (Lipinski definition) is 6. The van der Waals surface area contributed by atoms with E-state index in [2.05, 4.69) is 11.4 Å². The van der Waals surface area contributed by atoms with Crippen molar-refractivity contribution in [2.24, 2.45) is 0 Å². The van der Waals surface area contributed by atoms with Crippen molar-refractivity contribution in [3.63, 3.8) is 0 Å². The minimum absolute atomic E-state index is 0.0733. The van der Waals surface area contributed by atoms with Crippen LogP contribution in [0.25, 0.3) is 6.08 Å². The monoisotopic (exact) mass is 526 g/mol. The van der Waals surface area contributed by atoms with Crippen LogP contribution in [0.4, 0.5) is 5.82 Å². The molecule has 35 heavy (non-hydrogen) atoms. The lowest BCUT2D eigenvalue weighted by Gasteiger charge is -2.29. The lowest BCUT2D eigenvalue weighted by atomic mass is 9.94. The Morgan fingerprint density at radius 1 is 1.26 bits per heavy atom. The van der Waals surface area contributed by atoms with Crippen LogP contribution in [0.5, 0.6) is 0 Å². The molecule has 0 unspecified atom stereocenters. The zero-order chi connectivity index (χ0) is 25.1. The molecule has 1 N–H and O–H groups in total. The molecule has 2 aromatic rings. The van der Waals surface area contributed by atoms with E-state index in [-0.39, 0.29) is 23.1 Å². The van der Waals surface area contributed by atoms with Gasteiger partial charge in [-0.3, -0.25) is 19.1 Å². The number of thiocarbonyl (C=S) groups is 1. The summed E-state index contributed by atoms with van der Waals surface area (Å²) >= 11 is 13.2. The summed E-state index contributed by atoms with van der Waals surface area (Å²) in [7, 11) is 0. The van der Waals surface area contributed by atoms with Crippen molar-refractivity contribution >= 4 is 57.7 Å². The quantitative estimate of drug-likeness (QED) is 0.376. The third-order valence-electron chi connectivity index (χ3n) is 6.63. The van der Waals surface area contributed by atoms with Crippen LogP contribution in [-0.4, -0.2) is 25.7 Å². The second-order valence-electron chi connectivity index (χ2n) is 8.71. The predicted octanol–water partition coefficient (Wildman–Crippen LogP) is 5.85. The number of nitrogens with zero attached hydrogens (tertiary/aromatic N) is 3. The molecule has 0 bridgehead atoms. The van der Waals surface area contributed by atoms with Crippen LogP contribution in [-0.2, 0) is 17.9 Å². The second kappa shape index (κ2) is 11.0. The van der Waals surface area contributed by atoms with E-state index in [9.17, 15) is 14.9 Å². The topological polar surface area (TPSA) is 78.1 Å². The summed E-state index contributed by atoms with van der Waals surface area (Å²) in [6.45, 7) is 4.34. The van der Waals surface area contributed by atoms with Crippen molar-refractivity contribution in [1.29, 1.82) is 5.26 Å². The molecule has 1 aromatic heterocycles. The molecule has 1 amide bonds. The third-order valence-corrected chi connectivity index (χ3v) is 8.33. The standard InChI is InChI=1S/C26H27ClN4O2S2/c1-3-30-23(29-15-17-9-7-8-12-21(17)27)19(16(2)20(14-28)24(30)32)13-22-25(33)31(26(34)35-22)18-10-5-4-6-11-18/h7-9,12-13,18,29H,3-6,10-11,15H2,1-2H3/b22-13+. The highest BCUT2D eigenvalue weighted by atomic mass is 35.5. The summed E-state index contributed by atoms with van der Waals surface area (Å²) in [5.74, 6) is 0.452. The first-order valence-corrected chi connectivity index (χ1v) is 13.4. The van der Waals surface area contributed by atoms with Gasteiger partial charge in [0.05, 0.1) is 4.91 Å². The molecular weight excluding hydrogens is 500 g/mol. The van der Waals surface area contributed by atoms with E-state index in [1.54, 1.807) is 17.9 Å². The normalized spacial score (nSPS) is 17.8. The van der Waals surface area contributed by atoms with E-state index in [1.807, 2.05) is 31.2 Å². The van der Waals surface area contributed by atoms with Gasteiger partial charge in [0, 0.05) is 29.7 Å². The minimum atomic E-state index is -0.360. The van der Waals surface area contributed by atoms with Crippen molar-refractivity contribution in [1.82, 2.24) is 9.47 Å². The lowest BCUT2D eigenvalue weighted by Crippen LogP contribution is -2.39. The molecule has 2 heterocycles. The summed E-state index contributed by atoms with van der Waals surface area (Å²) in [5.41, 5.74) is 1.76. The molecule has 0 atom stereocenters. The van der Waals surface area contributed by atoms with Gasteiger partial charge in [0.1, 0.15) is 21.8 Å². The first-order valence-electron chi connectivity index (χ1n) is 11.8. The molecule has 1 saturated carbocycles. The summed E-state index contributed by atoms with van der Waals surface area (Å²) in [5, 5.41) is 13.7. The highest BCUT2D eigenvalue weighted by Crippen LogP contribution is 2.38. The maximum Gasteiger partial charge on any atom is 0.270 e. The van der Waals surface area contributed by atoms with Gasteiger partial charge in [0.15, 0.2) is 0 Å². The number of rotatable bonds is 6. The Hall–Kier alpha value is -2.60. The molecular formula is C26H27ClN4O2S2. The molecule has 182 valence electrons. The molecule has 6 nitrogen and oxygen atoms in total. The van der Waals surface area contributed by atoms with E-state index < -0.39 is 0 Å². The summed E-state index contributed by atoms with van der Waals surface area (Å²) in [6, 6.07) is 9.68. The smallest absolute Gasteiger partial charge is 0.270 e. The fourth-order valence-electron chi connectivity index (χ4n) is 4.74. The van der Waals surface area contributed by atoms with Crippen LogP contribution in [0.15, 0.2) is 34.0 Å². The number of carbonyl (C=O) groups is 1. The van der Waals surface area contributed by atoms with Gasteiger partial charge in [-0.25, -0.2) is 0 Å². The van der Waals surface area contributed by atoms with E-state index in [4.69, 9.17) is 23.8 Å². The highest BCUT2D eigenvalue weighted by molar-refractivity contribution is 8.26. The number of nitriles is 1. The molecule has 1 aromatic carbocycles. The molecule has 1 aliphatic heterocycles. The van der Waals surface area contributed by atoms with E-state index >= 15 is 0 Å². The molecule has 9 heteroatoms. The second-order valence-corrected chi connectivity index (χ2v) is 10.8. The van der Waals surface area contributed by atoms with Crippen molar-refractivity contribution < 1.29 is 4.79 Å². The number of hydrogen-bond donors (Lipinski definition) is 1. The highest BCUT2D eigenvalue weighted by Gasteiger charge is 2.37. The molecule has 4 rings (SSSR count). The van der Waals surface area contributed by atoms with Crippen molar-refractivity contribution in [3.8, 4) is 6.07 Å². The summed E-state index contributed by atoms with van der Waals surface area (Å²) in [6.07, 6.45) is 7.09. The van der Waals surface area contributed by atoms with Gasteiger partial charge in [-0.05, 0) is 50.0 Å². The molecule has 0 radical (unpaired) electrons. The largest absolute Gasteiger partial charge is 0.367 e. The van der Waals surface area contributed by atoms with Crippen LogP contribution in [0, 0.1) is 18.3 Å². The van der Waals surface area contributed by atoms with Gasteiger partial charge in [0.2, 0.25) is 0 Å². The number of benzene rings is 1. The summed E-state index contributed by atoms with van der Waals surface area (Å²) in [4.78, 5) is 28.8.